The van der Waals surface area contributed by atoms with Crippen molar-refractivity contribution in [3.63, 3.8) is 0 Å². The van der Waals surface area contributed by atoms with Crippen LogP contribution >= 0.6 is 11.6 Å². The smallest absolute Gasteiger partial charge is 0.314 e. The van der Waals surface area contributed by atoms with Crippen LogP contribution in [-0.2, 0) is 11.3 Å². The maximum absolute atomic E-state index is 12.2. The topological polar surface area (TPSA) is 78.7 Å². The third kappa shape index (κ3) is 5.11. The third-order valence-electron chi connectivity index (χ3n) is 4.03. The lowest BCUT2D eigenvalue weighted by molar-refractivity contribution is -0.123. The highest BCUT2D eigenvalue weighted by molar-refractivity contribution is 6.31. The fourth-order valence-electron chi connectivity index (χ4n) is 2.70. The molecule has 0 aromatic heterocycles. The predicted octanol–water partition coefficient (Wildman–Crippen LogP) is 1.43. The number of nitrogens with two attached hydrogens (primary N) is 1. The Bertz CT molecular complexity index is 567. The Kier molecular flexibility index (Phi) is 6.24. The zero-order valence-electron chi connectivity index (χ0n) is 13.3. The van der Waals surface area contributed by atoms with Crippen molar-refractivity contribution in [1.82, 2.24) is 15.1 Å². The molecule has 2 rings (SSSR count). The summed E-state index contributed by atoms with van der Waals surface area (Å²) in [5, 5.41) is 3.67. The summed E-state index contributed by atoms with van der Waals surface area (Å²) in [6.07, 6.45) is 0.741. The number of nitrogens with zero attached hydrogens (tertiary/aromatic N) is 2. The predicted molar refractivity (Wildman–Crippen MR) is 90.1 cm³/mol. The molecule has 1 atom stereocenters. The largest absolute Gasteiger partial charge is 0.351 e. The summed E-state index contributed by atoms with van der Waals surface area (Å²) in [5.74, 6) is -0.0461. The van der Waals surface area contributed by atoms with E-state index in [0.29, 0.717) is 31.2 Å². The van der Waals surface area contributed by atoms with Gasteiger partial charge < -0.3 is 16.0 Å². The molecule has 126 valence electrons. The number of nitrogens with one attached hydrogen (secondary N) is 1. The molecule has 0 spiro atoms. The Morgan fingerprint density at radius 2 is 2.17 bits per heavy atom. The molecule has 0 radical (unpaired) electrons. The quantitative estimate of drug-likeness (QED) is 0.823. The van der Waals surface area contributed by atoms with E-state index in [1.165, 1.54) is 0 Å². The maximum atomic E-state index is 12.2. The summed E-state index contributed by atoms with van der Waals surface area (Å²) in [5.41, 5.74) is 6.25. The van der Waals surface area contributed by atoms with Crippen molar-refractivity contribution in [3.05, 3.63) is 34.9 Å². The van der Waals surface area contributed by atoms with E-state index in [-0.39, 0.29) is 11.9 Å². The van der Waals surface area contributed by atoms with Crippen molar-refractivity contribution in [2.24, 2.45) is 5.73 Å². The van der Waals surface area contributed by atoms with E-state index in [9.17, 15) is 9.59 Å². The zero-order valence-corrected chi connectivity index (χ0v) is 14.1. The summed E-state index contributed by atoms with van der Waals surface area (Å²) < 4.78 is 0. The minimum absolute atomic E-state index is 0.0194. The second kappa shape index (κ2) is 8.17. The van der Waals surface area contributed by atoms with Gasteiger partial charge in [0.15, 0.2) is 0 Å². The molecule has 0 bridgehead atoms. The second-order valence-corrected chi connectivity index (χ2v) is 6.14. The standard InChI is InChI=1S/C16H23ClN4O2/c1-2-20(9-12-5-3-4-6-14(12)17)11-15(22)19-13-7-8-21(10-13)16(18)23/h3-6,13H,2,7-11H2,1H3,(H2,18,23)(H,19,22)/t13-/m0/s1. The van der Waals surface area contributed by atoms with Crippen LogP contribution in [0.4, 0.5) is 4.79 Å². The number of hydrogen-bond acceptors (Lipinski definition) is 3. The molecule has 0 aliphatic carbocycles. The molecule has 23 heavy (non-hydrogen) atoms. The van der Waals surface area contributed by atoms with Crippen LogP contribution < -0.4 is 11.1 Å². The van der Waals surface area contributed by atoms with E-state index in [2.05, 4.69) is 5.32 Å². The molecule has 1 aliphatic heterocycles. The van der Waals surface area contributed by atoms with Gasteiger partial charge in [-0.15, -0.1) is 0 Å². The first kappa shape index (κ1) is 17.6. The van der Waals surface area contributed by atoms with Crippen molar-refractivity contribution < 1.29 is 9.59 Å². The second-order valence-electron chi connectivity index (χ2n) is 5.73. The summed E-state index contributed by atoms with van der Waals surface area (Å²) in [6.45, 7) is 4.76. The van der Waals surface area contributed by atoms with Crippen LogP contribution in [-0.4, -0.2) is 54.0 Å². The van der Waals surface area contributed by atoms with Gasteiger partial charge in [0.05, 0.1) is 6.54 Å². The number of likely N-dealkylation sites (tertiary alicyclic amines) is 1. The number of carbonyl (C=O) groups excluding carboxylic acids is 2. The van der Waals surface area contributed by atoms with Gasteiger partial charge in [0.1, 0.15) is 0 Å². The molecule has 0 unspecified atom stereocenters. The number of primary amides is 1. The van der Waals surface area contributed by atoms with Gasteiger partial charge in [0.25, 0.3) is 0 Å². The fraction of sp³-hybridized carbons (Fsp3) is 0.500. The Morgan fingerprint density at radius 1 is 1.43 bits per heavy atom. The van der Waals surface area contributed by atoms with Crippen LogP contribution in [0.1, 0.15) is 18.9 Å². The highest BCUT2D eigenvalue weighted by Gasteiger charge is 2.26. The number of likely N-dealkylation sites (N-methyl/N-ethyl adjacent to an activating group) is 1. The van der Waals surface area contributed by atoms with Gasteiger partial charge in [-0.05, 0) is 24.6 Å². The maximum Gasteiger partial charge on any atom is 0.314 e. The van der Waals surface area contributed by atoms with Crippen LogP contribution in [0.2, 0.25) is 5.02 Å². The third-order valence-corrected chi connectivity index (χ3v) is 4.40. The lowest BCUT2D eigenvalue weighted by Gasteiger charge is -2.22. The van der Waals surface area contributed by atoms with E-state index in [1.807, 2.05) is 36.1 Å². The van der Waals surface area contributed by atoms with E-state index >= 15 is 0 Å². The number of benzene rings is 1. The van der Waals surface area contributed by atoms with Crippen LogP contribution in [0.3, 0.4) is 0 Å². The first-order valence-electron chi connectivity index (χ1n) is 7.79. The van der Waals surface area contributed by atoms with Crippen molar-refractivity contribution >= 4 is 23.5 Å². The summed E-state index contributed by atoms with van der Waals surface area (Å²) in [7, 11) is 0. The lowest BCUT2D eigenvalue weighted by atomic mass is 10.2. The van der Waals surface area contributed by atoms with Crippen LogP contribution in [0.25, 0.3) is 0 Å². The number of hydrogen-bond donors (Lipinski definition) is 2. The molecule has 1 fully saturated rings. The van der Waals surface area contributed by atoms with E-state index in [1.54, 1.807) is 4.90 Å². The van der Waals surface area contributed by atoms with Crippen LogP contribution in [0, 0.1) is 0 Å². The van der Waals surface area contributed by atoms with E-state index < -0.39 is 6.03 Å². The molecule has 3 amide bonds. The molecule has 1 aromatic carbocycles. The molecule has 1 aromatic rings. The lowest BCUT2D eigenvalue weighted by Crippen LogP contribution is -2.44. The summed E-state index contributed by atoms with van der Waals surface area (Å²) in [6, 6.07) is 7.18. The van der Waals surface area contributed by atoms with Crippen molar-refractivity contribution in [2.75, 3.05) is 26.2 Å². The van der Waals surface area contributed by atoms with E-state index in [0.717, 1.165) is 18.5 Å². The molecule has 6 nitrogen and oxygen atoms in total. The van der Waals surface area contributed by atoms with Gasteiger partial charge >= 0.3 is 6.03 Å². The molecule has 1 saturated heterocycles. The van der Waals surface area contributed by atoms with Gasteiger partial charge in [0.2, 0.25) is 5.91 Å². The number of halogens is 1. The Labute approximate surface area is 141 Å². The van der Waals surface area contributed by atoms with Gasteiger partial charge in [-0.3, -0.25) is 9.69 Å². The first-order chi connectivity index (χ1) is 11.0. The van der Waals surface area contributed by atoms with Crippen molar-refractivity contribution in [1.29, 1.82) is 0 Å². The summed E-state index contributed by atoms with van der Waals surface area (Å²) >= 11 is 6.17. The molecule has 0 saturated carbocycles. The normalized spacial score (nSPS) is 17.5. The monoisotopic (exact) mass is 338 g/mol. The first-order valence-corrected chi connectivity index (χ1v) is 8.17. The number of carbonyl (C=O) groups is 2. The van der Waals surface area contributed by atoms with Crippen molar-refractivity contribution in [2.45, 2.75) is 25.9 Å². The zero-order chi connectivity index (χ0) is 16.8. The van der Waals surface area contributed by atoms with Gasteiger partial charge in [0, 0.05) is 30.7 Å². The highest BCUT2D eigenvalue weighted by atomic mass is 35.5. The molecular formula is C16H23ClN4O2. The molecule has 1 aliphatic rings. The molecular weight excluding hydrogens is 316 g/mol. The Balaban J connectivity index is 1.83. The number of amides is 3. The van der Waals surface area contributed by atoms with Crippen molar-refractivity contribution in [3.8, 4) is 0 Å². The molecule has 3 N–H and O–H groups in total. The van der Waals surface area contributed by atoms with Crippen LogP contribution in [0.5, 0.6) is 0 Å². The van der Waals surface area contributed by atoms with Gasteiger partial charge in [-0.1, -0.05) is 36.7 Å². The van der Waals surface area contributed by atoms with E-state index in [4.69, 9.17) is 17.3 Å². The van der Waals surface area contributed by atoms with Gasteiger partial charge in [-0.25, -0.2) is 4.79 Å². The number of urea groups is 1. The Morgan fingerprint density at radius 3 is 2.78 bits per heavy atom. The minimum atomic E-state index is -0.435. The Hall–Kier alpha value is -1.79. The number of rotatable bonds is 6. The average molecular weight is 339 g/mol. The fourth-order valence-corrected chi connectivity index (χ4v) is 2.90. The van der Waals surface area contributed by atoms with Gasteiger partial charge in [-0.2, -0.15) is 0 Å². The SMILES string of the molecule is CCN(CC(=O)N[C@H]1CCN(C(N)=O)C1)Cc1ccccc1Cl. The average Bonchev–Trinajstić information content (AvgIpc) is 2.97. The highest BCUT2D eigenvalue weighted by Crippen LogP contribution is 2.17. The molecule has 1 heterocycles. The molecule has 7 heteroatoms. The minimum Gasteiger partial charge on any atom is -0.351 e. The summed E-state index contributed by atoms with van der Waals surface area (Å²) in [4.78, 5) is 26.9. The van der Waals surface area contributed by atoms with Crippen LogP contribution in [0.15, 0.2) is 24.3 Å².